The molecule has 0 radical (unpaired) electrons. The molecule has 3 aromatic rings. The molecule has 26 heavy (non-hydrogen) atoms. The average molecular weight is 351 g/mol. The van der Waals surface area contributed by atoms with Gasteiger partial charge in [-0.25, -0.2) is 9.18 Å². The number of nitrogens with one attached hydrogen (secondary N) is 1. The normalized spacial score (nSPS) is 16.0. The van der Waals surface area contributed by atoms with Gasteiger partial charge < -0.3 is 15.0 Å². The third-order valence-electron chi connectivity index (χ3n) is 4.43. The number of carboxylic acid groups (broad SMARTS) is 1. The first kappa shape index (κ1) is 16.0. The van der Waals surface area contributed by atoms with Gasteiger partial charge >= 0.3 is 5.97 Å². The van der Waals surface area contributed by atoms with E-state index in [0.717, 1.165) is 5.56 Å². The number of carboxylic acids is 1. The Labute approximate surface area is 147 Å². The maximum atomic E-state index is 13.7. The van der Waals surface area contributed by atoms with Gasteiger partial charge in [0.1, 0.15) is 11.4 Å². The Kier molecular flexibility index (Phi) is 3.76. The molecule has 0 fully saturated rings. The van der Waals surface area contributed by atoms with Crippen LogP contribution in [0, 0.1) is 5.82 Å². The van der Waals surface area contributed by atoms with E-state index in [4.69, 9.17) is 0 Å². The summed E-state index contributed by atoms with van der Waals surface area (Å²) in [6, 6.07) is 9.47. The van der Waals surface area contributed by atoms with E-state index in [2.05, 4.69) is 10.3 Å². The Bertz CT molecular complexity index is 1010. The summed E-state index contributed by atoms with van der Waals surface area (Å²) in [6.07, 6.45) is 4.84. The summed E-state index contributed by atoms with van der Waals surface area (Å²) in [5.41, 5.74) is 2.08. The van der Waals surface area contributed by atoms with Crippen molar-refractivity contribution < 1.29 is 19.1 Å². The monoisotopic (exact) mass is 351 g/mol. The van der Waals surface area contributed by atoms with E-state index in [0.29, 0.717) is 11.4 Å². The van der Waals surface area contributed by atoms with Crippen molar-refractivity contribution in [3.63, 3.8) is 0 Å². The molecular weight excluding hydrogens is 337 g/mol. The van der Waals surface area contributed by atoms with Crippen molar-refractivity contribution in [1.82, 2.24) is 9.55 Å². The standard InChI is InChI=1S/C19H14FN3O3/c20-12-4-1-5-13(7-12)23-10-15(19(25)26)17-18(23)14(8-16(24)22-17)11-3-2-6-21-9-11/h1-7,9-10,14H,8H2,(H,22,24)(H,25,26)/t14-/m0/s1. The van der Waals surface area contributed by atoms with E-state index < -0.39 is 11.8 Å². The first-order valence-corrected chi connectivity index (χ1v) is 7.99. The first-order valence-electron chi connectivity index (χ1n) is 7.99. The van der Waals surface area contributed by atoms with Crippen LogP contribution < -0.4 is 5.32 Å². The van der Waals surface area contributed by atoms with Gasteiger partial charge in [0, 0.05) is 36.6 Å². The minimum atomic E-state index is -1.16. The highest BCUT2D eigenvalue weighted by Crippen LogP contribution is 2.41. The molecule has 1 amide bonds. The summed E-state index contributed by atoms with van der Waals surface area (Å²) in [6.45, 7) is 0. The van der Waals surface area contributed by atoms with E-state index in [1.54, 1.807) is 35.2 Å². The van der Waals surface area contributed by atoms with E-state index in [9.17, 15) is 19.1 Å². The first-order chi connectivity index (χ1) is 12.5. The van der Waals surface area contributed by atoms with Crippen molar-refractivity contribution >= 4 is 17.6 Å². The molecule has 0 saturated carbocycles. The third-order valence-corrected chi connectivity index (χ3v) is 4.43. The van der Waals surface area contributed by atoms with Gasteiger partial charge in [0.2, 0.25) is 5.91 Å². The van der Waals surface area contributed by atoms with E-state index in [1.807, 2.05) is 6.07 Å². The maximum Gasteiger partial charge on any atom is 0.339 e. The van der Waals surface area contributed by atoms with Crippen molar-refractivity contribution in [2.75, 3.05) is 5.32 Å². The molecule has 1 aliphatic heterocycles. The van der Waals surface area contributed by atoms with Crippen molar-refractivity contribution in [1.29, 1.82) is 0 Å². The van der Waals surface area contributed by atoms with Crippen LogP contribution in [0.4, 0.5) is 10.1 Å². The molecule has 1 atom stereocenters. The molecule has 3 heterocycles. The van der Waals surface area contributed by atoms with Crippen LogP contribution in [0.1, 0.15) is 34.0 Å². The molecule has 0 saturated heterocycles. The quantitative estimate of drug-likeness (QED) is 0.759. The molecular formula is C19H14FN3O3. The maximum absolute atomic E-state index is 13.7. The highest BCUT2D eigenvalue weighted by Gasteiger charge is 2.34. The fraction of sp³-hybridized carbons (Fsp3) is 0.105. The lowest BCUT2D eigenvalue weighted by atomic mass is 9.89. The van der Waals surface area contributed by atoms with Crippen LogP contribution in [0.3, 0.4) is 0 Å². The molecule has 0 unspecified atom stereocenters. The Morgan fingerprint density at radius 2 is 2.15 bits per heavy atom. The molecule has 7 heteroatoms. The number of pyridine rings is 1. The second-order valence-electron chi connectivity index (χ2n) is 6.05. The van der Waals surface area contributed by atoms with Crippen molar-refractivity contribution in [3.05, 3.63) is 77.6 Å². The summed E-state index contributed by atoms with van der Waals surface area (Å²) in [7, 11) is 0. The number of carbonyl (C=O) groups excluding carboxylic acids is 1. The van der Waals surface area contributed by atoms with E-state index >= 15 is 0 Å². The van der Waals surface area contributed by atoms with Crippen molar-refractivity contribution in [2.45, 2.75) is 12.3 Å². The Morgan fingerprint density at radius 3 is 2.85 bits per heavy atom. The summed E-state index contributed by atoms with van der Waals surface area (Å²) in [5.74, 6) is -2.25. The fourth-order valence-corrected chi connectivity index (χ4v) is 3.33. The second kappa shape index (κ2) is 6.11. The summed E-state index contributed by atoms with van der Waals surface area (Å²) in [5, 5.41) is 12.2. The number of fused-ring (bicyclic) bond motifs is 1. The zero-order valence-corrected chi connectivity index (χ0v) is 13.5. The summed E-state index contributed by atoms with van der Waals surface area (Å²) >= 11 is 0. The number of aromatic carboxylic acids is 1. The predicted molar refractivity (Wildman–Crippen MR) is 92.0 cm³/mol. The number of rotatable bonds is 3. The molecule has 4 rings (SSSR count). The van der Waals surface area contributed by atoms with Crippen LogP contribution in [-0.2, 0) is 4.79 Å². The van der Waals surface area contributed by atoms with Gasteiger partial charge in [-0.3, -0.25) is 9.78 Å². The lowest BCUT2D eigenvalue weighted by Crippen LogP contribution is -2.25. The molecule has 2 aromatic heterocycles. The SMILES string of the molecule is O=C1C[C@@H](c2cccnc2)c2c(c(C(=O)O)cn2-c2cccc(F)c2)N1. The summed E-state index contributed by atoms with van der Waals surface area (Å²) in [4.78, 5) is 28.0. The number of aromatic nitrogens is 2. The van der Waals surface area contributed by atoms with Gasteiger partial charge in [-0.1, -0.05) is 12.1 Å². The molecule has 1 aliphatic rings. The van der Waals surface area contributed by atoms with Gasteiger partial charge in [-0.2, -0.15) is 0 Å². The van der Waals surface area contributed by atoms with Crippen LogP contribution in [0.15, 0.2) is 55.0 Å². The Morgan fingerprint density at radius 1 is 1.31 bits per heavy atom. The molecule has 0 spiro atoms. The number of hydrogen-bond donors (Lipinski definition) is 2. The van der Waals surface area contributed by atoms with Crippen LogP contribution in [0.5, 0.6) is 0 Å². The van der Waals surface area contributed by atoms with Gasteiger partial charge in [-0.15, -0.1) is 0 Å². The van der Waals surface area contributed by atoms with Gasteiger partial charge in [0.25, 0.3) is 0 Å². The number of carbonyl (C=O) groups is 2. The van der Waals surface area contributed by atoms with Crippen LogP contribution >= 0.6 is 0 Å². The highest BCUT2D eigenvalue weighted by atomic mass is 19.1. The number of hydrogen-bond acceptors (Lipinski definition) is 3. The van der Waals surface area contributed by atoms with Gasteiger partial charge in [-0.05, 0) is 29.8 Å². The van der Waals surface area contributed by atoms with E-state index in [-0.39, 0.29) is 29.5 Å². The highest BCUT2D eigenvalue weighted by molar-refractivity contribution is 6.04. The number of amides is 1. The van der Waals surface area contributed by atoms with Crippen molar-refractivity contribution in [2.24, 2.45) is 0 Å². The average Bonchev–Trinajstić information content (AvgIpc) is 3.01. The predicted octanol–water partition coefficient (Wildman–Crippen LogP) is 3.18. The second-order valence-corrected chi connectivity index (χ2v) is 6.05. The lowest BCUT2D eigenvalue weighted by Gasteiger charge is -2.26. The molecule has 130 valence electrons. The minimum absolute atomic E-state index is 0.0359. The van der Waals surface area contributed by atoms with Crippen LogP contribution in [0.25, 0.3) is 5.69 Å². The zero-order chi connectivity index (χ0) is 18.3. The third kappa shape index (κ3) is 2.63. The molecule has 0 bridgehead atoms. The molecule has 6 nitrogen and oxygen atoms in total. The zero-order valence-electron chi connectivity index (χ0n) is 13.5. The minimum Gasteiger partial charge on any atom is -0.478 e. The smallest absolute Gasteiger partial charge is 0.339 e. The van der Waals surface area contributed by atoms with Gasteiger partial charge in [0.05, 0.1) is 11.4 Å². The largest absolute Gasteiger partial charge is 0.478 e. The summed E-state index contributed by atoms with van der Waals surface area (Å²) < 4.78 is 15.3. The number of nitrogens with zero attached hydrogens (tertiary/aromatic N) is 2. The Balaban J connectivity index is 1.99. The van der Waals surface area contributed by atoms with Crippen molar-refractivity contribution in [3.8, 4) is 5.69 Å². The molecule has 2 N–H and O–H groups in total. The van der Waals surface area contributed by atoms with Crippen LogP contribution in [-0.4, -0.2) is 26.5 Å². The van der Waals surface area contributed by atoms with E-state index in [1.165, 1.54) is 18.3 Å². The number of benzene rings is 1. The van der Waals surface area contributed by atoms with Crippen LogP contribution in [0.2, 0.25) is 0 Å². The van der Waals surface area contributed by atoms with Gasteiger partial charge in [0.15, 0.2) is 0 Å². The topological polar surface area (TPSA) is 84.2 Å². The number of anilines is 1. The lowest BCUT2D eigenvalue weighted by molar-refractivity contribution is -0.116. The number of halogens is 1. The molecule has 1 aromatic carbocycles. The fourth-order valence-electron chi connectivity index (χ4n) is 3.33. The Hall–Kier alpha value is -3.48. The molecule has 0 aliphatic carbocycles.